The van der Waals surface area contributed by atoms with Crippen LogP contribution in [0, 0.1) is 6.33 Å². The molecular formula is C8H5N6. The van der Waals surface area contributed by atoms with E-state index in [1.807, 2.05) is 24.3 Å². The predicted octanol–water partition coefficient (Wildman–Crippen LogP) is 0.134. The molecular weight excluding hydrogens is 180 g/mol. The molecule has 1 radical (unpaired) electrons. The number of rotatable bonds is 1. The Morgan fingerprint density at radius 3 is 3.00 bits per heavy atom. The summed E-state index contributed by atoms with van der Waals surface area (Å²) in [5, 5.41) is 11.0. The number of imidazole rings is 1. The van der Waals surface area contributed by atoms with E-state index in [2.05, 4.69) is 26.7 Å². The average Bonchev–Trinajstić information content (AvgIpc) is 2.85. The Hall–Kier alpha value is -2.24. The molecule has 0 unspecified atom stereocenters. The van der Waals surface area contributed by atoms with E-state index < -0.39 is 0 Å². The topological polar surface area (TPSA) is 61.4 Å². The minimum Gasteiger partial charge on any atom is -0.235 e. The van der Waals surface area contributed by atoms with Gasteiger partial charge in [-0.3, -0.25) is 0 Å². The third-order valence-corrected chi connectivity index (χ3v) is 1.93. The minimum atomic E-state index is 0.893. The third-order valence-electron chi connectivity index (χ3n) is 1.93. The maximum absolute atomic E-state index is 4.20. The Morgan fingerprint density at radius 2 is 2.14 bits per heavy atom. The van der Waals surface area contributed by atoms with Crippen LogP contribution in [0.2, 0.25) is 0 Å². The fraction of sp³-hybridized carbons (Fsp3) is 0. The molecule has 0 bridgehead atoms. The highest BCUT2D eigenvalue weighted by Crippen LogP contribution is 2.10. The molecule has 0 N–H and O–H groups in total. The van der Waals surface area contributed by atoms with Crippen LogP contribution in [-0.2, 0) is 0 Å². The Morgan fingerprint density at radius 1 is 1.21 bits per heavy atom. The first kappa shape index (κ1) is 7.19. The number of fused-ring (bicyclic) bond motifs is 1. The molecule has 2 heterocycles. The first-order chi connectivity index (χ1) is 6.95. The van der Waals surface area contributed by atoms with E-state index in [1.165, 1.54) is 4.91 Å². The standard InChI is InChI=1S/C8H5N6/c1-2-4-8-7(3-1)9-6-13(8)14-11-5-10-12-14/h1-4,6H. The van der Waals surface area contributed by atoms with E-state index in [1.54, 1.807) is 11.0 Å². The van der Waals surface area contributed by atoms with Crippen LogP contribution < -0.4 is 0 Å². The molecule has 14 heavy (non-hydrogen) atoms. The molecule has 0 aliphatic heterocycles. The summed E-state index contributed by atoms with van der Waals surface area (Å²) in [4.78, 5) is 5.52. The first-order valence-electron chi connectivity index (χ1n) is 4.04. The molecule has 0 aliphatic carbocycles. The van der Waals surface area contributed by atoms with Gasteiger partial charge in [0.1, 0.15) is 6.33 Å². The van der Waals surface area contributed by atoms with Crippen molar-refractivity contribution in [1.82, 2.24) is 30.0 Å². The largest absolute Gasteiger partial charge is 0.248 e. The number of hydrogen-bond donors (Lipinski definition) is 0. The SMILES string of the molecule is [c]1nnn(-n2cnc3ccccc32)n1. The molecule has 0 atom stereocenters. The summed E-state index contributed by atoms with van der Waals surface area (Å²) in [6.45, 7) is 0. The maximum atomic E-state index is 4.20. The summed E-state index contributed by atoms with van der Waals surface area (Å²) in [6, 6.07) is 7.72. The molecule has 3 aromatic rings. The van der Waals surface area contributed by atoms with Crippen molar-refractivity contribution in [1.29, 1.82) is 0 Å². The van der Waals surface area contributed by atoms with Gasteiger partial charge >= 0.3 is 0 Å². The van der Waals surface area contributed by atoms with Gasteiger partial charge in [0.2, 0.25) is 6.33 Å². The molecule has 67 valence electrons. The highest BCUT2D eigenvalue weighted by molar-refractivity contribution is 5.74. The van der Waals surface area contributed by atoms with Crippen molar-refractivity contribution in [2.45, 2.75) is 0 Å². The fourth-order valence-electron chi connectivity index (χ4n) is 1.32. The molecule has 6 heteroatoms. The van der Waals surface area contributed by atoms with Crippen LogP contribution in [0.25, 0.3) is 11.0 Å². The van der Waals surface area contributed by atoms with Gasteiger partial charge in [0.15, 0.2) is 0 Å². The van der Waals surface area contributed by atoms with E-state index in [0.717, 1.165) is 11.0 Å². The Labute approximate surface area is 78.8 Å². The Bertz CT molecular complexity index is 552. The number of tetrazole rings is 1. The van der Waals surface area contributed by atoms with Crippen molar-refractivity contribution in [3.63, 3.8) is 0 Å². The van der Waals surface area contributed by atoms with Crippen LogP contribution in [-0.4, -0.2) is 30.0 Å². The first-order valence-corrected chi connectivity index (χ1v) is 4.04. The van der Waals surface area contributed by atoms with E-state index in [9.17, 15) is 0 Å². The zero-order valence-corrected chi connectivity index (χ0v) is 7.07. The van der Waals surface area contributed by atoms with Crippen molar-refractivity contribution >= 4 is 11.0 Å². The molecule has 0 amide bonds. The van der Waals surface area contributed by atoms with E-state index in [4.69, 9.17) is 0 Å². The number of benzene rings is 1. The molecule has 0 aliphatic rings. The molecule has 0 saturated carbocycles. The summed E-state index contributed by atoms with van der Waals surface area (Å²) in [6.07, 6.45) is 4.03. The van der Waals surface area contributed by atoms with Crippen LogP contribution in [0.1, 0.15) is 0 Å². The lowest BCUT2D eigenvalue weighted by Gasteiger charge is -1.98. The molecule has 6 nitrogen and oxygen atoms in total. The summed E-state index contributed by atoms with van der Waals surface area (Å²) in [7, 11) is 0. The summed E-state index contributed by atoms with van der Waals surface area (Å²) >= 11 is 0. The van der Waals surface area contributed by atoms with E-state index in [0.29, 0.717) is 0 Å². The smallest absolute Gasteiger partial charge is 0.235 e. The maximum Gasteiger partial charge on any atom is 0.248 e. The monoisotopic (exact) mass is 185 g/mol. The quantitative estimate of drug-likeness (QED) is 0.540. The van der Waals surface area contributed by atoms with Crippen molar-refractivity contribution in [3.05, 3.63) is 36.9 Å². The van der Waals surface area contributed by atoms with Crippen molar-refractivity contribution in [2.75, 3.05) is 0 Å². The highest BCUT2D eigenvalue weighted by Gasteiger charge is 2.03. The van der Waals surface area contributed by atoms with Crippen molar-refractivity contribution < 1.29 is 0 Å². The number of nitrogens with zero attached hydrogens (tertiary/aromatic N) is 6. The molecule has 0 saturated heterocycles. The normalized spacial score (nSPS) is 10.9. The number of para-hydroxylation sites is 2. The second-order valence-electron chi connectivity index (χ2n) is 2.74. The fourth-order valence-corrected chi connectivity index (χ4v) is 1.32. The number of aromatic nitrogens is 6. The van der Waals surface area contributed by atoms with Gasteiger partial charge in [0.05, 0.1) is 11.0 Å². The van der Waals surface area contributed by atoms with Crippen molar-refractivity contribution in [3.8, 4) is 0 Å². The second kappa shape index (κ2) is 2.63. The van der Waals surface area contributed by atoms with Crippen LogP contribution in [0.5, 0.6) is 0 Å². The molecule has 0 fully saturated rings. The molecule has 3 rings (SSSR count). The van der Waals surface area contributed by atoms with Gasteiger partial charge in [0.25, 0.3) is 0 Å². The van der Waals surface area contributed by atoms with Crippen molar-refractivity contribution in [2.24, 2.45) is 0 Å². The minimum absolute atomic E-state index is 0.893. The van der Waals surface area contributed by atoms with Gasteiger partial charge in [-0.2, -0.15) is 0 Å². The van der Waals surface area contributed by atoms with Crippen LogP contribution in [0.3, 0.4) is 0 Å². The van der Waals surface area contributed by atoms with Gasteiger partial charge in [-0.1, -0.05) is 17.0 Å². The van der Waals surface area contributed by atoms with Crippen LogP contribution in [0.4, 0.5) is 0 Å². The zero-order valence-electron chi connectivity index (χ0n) is 7.07. The number of hydrogen-bond acceptors (Lipinski definition) is 4. The molecule has 1 aromatic carbocycles. The summed E-state index contributed by atoms with van der Waals surface area (Å²) in [5.74, 6) is 0. The van der Waals surface area contributed by atoms with Crippen LogP contribution in [0.15, 0.2) is 30.6 Å². The summed E-state index contributed by atoms with van der Waals surface area (Å²) in [5.41, 5.74) is 1.82. The predicted molar refractivity (Wildman–Crippen MR) is 47.2 cm³/mol. The van der Waals surface area contributed by atoms with Gasteiger partial charge in [-0.15, -0.1) is 10.2 Å². The van der Waals surface area contributed by atoms with Gasteiger partial charge < -0.3 is 0 Å². The zero-order chi connectivity index (χ0) is 9.38. The average molecular weight is 185 g/mol. The summed E-state index contributed by atoms with van der Waals surface area (Å²) < 4.78 is 1.69. The van der Waals surface area contributed by atoms with E-state index >= 15 is 0 Å². The lowest BCUT2D eigenvalue weighted by Crippen LogP contribution is -2.11. The van der Waals surface area contributed by atoms with Gasteiger partial charge in [0, 0.05) is 0 Å². The van der Waals surface area contributed by atoms with E-state index in [-0.39, 0.29) is 0 Å². The van der Waals surface area contributed by atoms with Gasteiger partial charge in [-0.25, -0.2) is 9.66 Å². The highest BCUT2D eigenvalue weighted by atomic mass is 15.8. The lowest BCUT2D eigenvalue weighted by molar-refractivity contribution is 0.495. The van der Waals surface area contributed by atoms with Gasteiger partial charge in [-0.05, 0) is 17.3 Å². The molecule has 2 aromatic heterocycles. The second-order valence-corrected chi connectivity index (χ2v) is 2.74. The third kappa shape index (κ3) is 0.905. The van der Waals surface area contributed by atoms with Crippen LogP contribution >= 0.6 is 0 Å². The Kier molecular flexibility index (Phi) is 1.35. The molecule has 0 spiro atoms. The Balaban J connectivity index is 2.33. The lowest BCUT2D eigenvalue weighted by atomic mass is 10.3.